The third-order valence-corrected chi connectivity index (χ3v) is 3.63. The molecule has 0 saturated carbocycles. The van der Waals surface area contributed by atoms with Gasteiger partial charge in [-0.3, -0.25) is 9.59 Å². The summed E-state index contributed by atoms with van der Waals surface area (Å²) in [5.41, 5.74) is 1.94. The second-order valence-electron chi connectivity index (χ2n) is 4.65. The molecule has 3 rings (SSSR count). The van der Waals surface area contributed by atoms with Crippen LogP contribution >= 0.6 is 0 Å². The van der Waals surface area contributed by atoms with Crippen molar-refractivity contribution in [3.63, 3.8) is 0 Å². The Balaban J connectivity index is 2.00. The van der Waals surface area contributed by atoms with Crippen molar-refractivity contribution in [2.24, 2.45) is 11.8 Å². The van der Waals surface area contributed by atoms with Crippen molar-refractivity contribution in [1.82, 2.24) is 0 Å². The predicted molar refractivity (Wildman–Crippen MR) is 58.9 cm³/mol. The van der Waals surface area contributed by atoms with Gasteiger partial charge in [0, 0.05) is 0 Å². The minimum atomic E-state index is -0.995. The highest BCUT2D eigenvalue weighted by Gasteiger charge is 2.46. The minimum absolute atomic E-state index is 0.199. The van der Waals surface area contributed by atoms with Gasteiger partial charge >= 0.3 is 17.9 Å². The summed E-state index contributed by atoms with van der Waals surface area (Å²) in [5.74, 6) is -2.80. The van der Waals surface area contributed by atoms with Crippen molar-refractivity contribution < 1.29 is 24.2 Å². The molecule has 1 heterocycles. The van der Waals surface area contributed by atoms with Gasteiger partial charge in [-0.15, -0.1) is 0 Å². The normalized spacial score (nSPS) is 25.3. The first-order chi connectivity index (χ1) is 8.56. The summed E-state index contributed by atoms with van der Waals surface area (Å²) in [6.45, 7) is 0. The lowest BCUT2D eigenvalue weighted by atomic mass is 9.77. The Morgan fingerprint density at radius 1 is 1.11 bits per heavy atom. The van der Waals surface area contributed by atoms with Gasteiger partial charge in [0.05, 0.1) is 17.4 Å². The van der Waals surface area contributed by atoms with Crippen molar-refractivity contribution in [2.75, 3.05) is 0 Å². The summed E-state index contributed by atoms with van der Waals surface area (Å²) in [7, 11) is 0. The molecule has 1 aliphatic carbocycles. The van der Waals surface area contributed by atoms with Crippen LogP contribution in [0.2, 0.25) is 0 Å². The Hall–Kier alpha value is -2.17. The summed E-state index contributed by atoms with van der Waals surface area (Å²) in [5, 5.41) is 8.92. The Kier molecular flexibility index (Phi) is 2.23. The lowest BCUT2D eigenvalue weighted by Crippen LogP contribution is -2.27. The van der Waals surface area contributed by atoms with Crippen molar-refractivity contribution in [3.8, 4) is 0 Å². The molecule has 1 aromatic rings. The molecular weight excluding hydrogens is 236 g/mol. The molecule has 1 N–H and O–H groups in total. The summed E-state index contributed by atoms with van der Waals surface area (Å²) in [6.07, 6.45) is 0.830. The average molecular weight is 246 g/mol. The smallest absolute Gasteiger partial charge is 0.335 e. The molecule has 2 atom stereocenters. The molecule has 5 nitrogen and oxygen atoms in total. The highest BCUT2D eigenvalue weighted by Crippen LogP contribution is 2.36. The van der Waals surface area contributed by atoms with Gasteiger partial charge in [0.1, 0.15) is 0 Å². The first-order valence-electron chi connectivity index (χ1n) is 5.67. The van der Waals surface area contributed by atoms with Crippen LogP contribution in [0.15, 0.2) is 18.2 Å². The van der Waals surface area contributed by atoms with Crippen LogP contribution in [0.4, 0.5) is 0 Å². The molecule has 0 radical (unpaired) electrons. The van der Waals surface area contributed by atoms with Crippen LogP contribution in [0.25, 0.3) is 0 Å². The van der Waals surface area contributed by atoms with Crippen LogP contribution in [0, 0.1) is 11.8 Å². The Morgan fingerprint density at radius 2 is 1.72 bits per heavy atom. The number of aromatic carboxylic acids is 1. The number of carbonyl (C=O) groups is 3. The third kappa shape index (κ3) is 1.51. The van der Waals surface area contributed by atoms with E-state index in [2.05, 4.69) is 4.74 Å². The lowest BCUT2D eigenvalue weighted by molar-refractivity contribution is -0.153. The molecule has 0 bridgehead atoms. The van der Waals surface area contributed by atoms with Crippen LogP contribution in [0.3, 0.4) is 0 Å². The van der Waals surface area contributed by atoms with E-state index in [0.29, 0.717) is 12.8 Å². The van der Waals surface area contributed by atoms with Crippen molar-refractivity contribution in [3.05, 3.63) is 34.9 Å². The van der Waals surface area contributed by atoms with Gasteiger partial charge < -0.3 is 9.84 Å². The number of cyclic esters (lactones) is 2. The highest BCUT2D eigenvalue weighted by atomic mass is 16.6. The zero-order chi connectivity index (χ0) is 12.9. The van der Waals surface area contributed by atoms with E-state index in [9.17, 15) is 14.4 Å². The molecule has 1 fully saturated rings. The first-order valence-corrected chi connectivity index (χ1v) is 5.67. The van der Waals surface area contributed by atoms with Crippen molar-refractivity contribution >= 4 is 17.9 Å². The molecule has 0 amide bonds. The number of hydrogen-bond donors (Lipinski definition) is 1. The molecule has 1 aromatic carbocycles. The summed E-state index contributed by atoms with van der Waals surface area (Å²) in [6, 6.07) is 4.80. The lowest BCUT2D eigenvalue weighted by Gasteiger charge is -2.23. The topological polar surface area (TPSA) is 80.7 Å². The number of carboxylic acid groups (broad SMARTS) is 1. The third-order valence-electron chi connectivity index (χ3n) is 3.63. The number of benzene rings is 1. The van der Waals surface area contributed by atoms with Crippen molar-refractivity contribution in [1.29, 1.82) is 0 Å². The fourth-order valence-electron chi connectivity index (χ4n) is 2.65. The maximum absolute atomic E-state index is 11.5. The molecule has 2 aliphatic rings. The average Bonchev–Trinajstić information content (AvgIpc) is 2.61. The minimum Gasteiger partial charge on any atom is -0.478 e. The molecular formula is C13H10O5. The molecule has 5 heteroatoms. The Bertz CT molecular complexity index is 575. The largest absolute Gasteiger partial charge is 0.478 e. The molecule has 0 spiro atoms. The summed E-state index contributed by atoms with van der Waals surface area (Å²) >= 11 is 0. The number of ether oxygens (including phenoxy) is 1. The standard InChI is InChI=1S/C13H10O5/c14-11(15)7-2-1-6-4-9-10(5-8(6)3-7)13(17)18-12(9)16/h1-3,9-10H,4-5H2,(H,14,15). The zero-order valence-corrected chi connectivity index (χ0v) is 9.38. The van der Waals surface area contributed by atoms with E-state index in [-0.39, 0.29) is 5.56 Å². The predicted octanol–water partition coefficient (Wildman–Crippen LogP) is 0.799. The van der Waals surface area contributed by atoms with Gasteiger partial charge in [0.2, 0.25) is 0 Å². The second kappa shape index (κ2) is 3.66. The molecule has 2 unspecified atom stereocenters. The Labute approximate surface area is 102 Å². The fourth-order valence-corrected chi connectivity index (χ4v) is 2.65. The fraction of sp³-hybridized carbons (Fsp3) is 0.308. The van der Waals surface area contributed by atoms with Gasteiger partial charge in [0.25, 0.3) is 0 Å². The van der Waals surface area contributed by atoms with E-state index in [0.717, 1.165) is 11.1 Å². The maximum Gasteiger partial charge on any atom is 0.335 e. The molecule has 18 heavy (non-hydrogen) atoms. The van der Waals surface area contributed by atoms with E-state index in [1.807, 2.05) is 0 Å². The maximum atomic E-state index is 11.5. The van der Waals surface area contributed by atoms with Crippen LogP contribution in [0.1, 0.15) is 21.5 Å². The number of hydrogen-bond acceptors (Lipinski definition) is 4. The number of rotatable bonds is 1. The van der Waals surface area contributed by atoms with Gasteiger partial charge in [0.15, 0.2) is 0 Å². The summed E-state index contributed by atoms with van der Waals surface area (Å²) in [4.78, 5) is 33.8. The van der Waals surface area contributed by atoms with Crippen LogP contribution in [-0.4, -0.2) is 23.0 Å². The number of carboxylic acids is 1. The van der Waals surface area contributed by atoms with E-state index in [1.54, 1.807) is 12.1 Å². The van der Waals surface area contributed by atoms with Crippen LogP contribution in [0.5, 0.6) is 0 Å². The van der Waals surface area contributed by atoms with Gasteiger partial charge in [-0.2, -0.15) is 0 Å². The Morgan fingerprint density at radius 3 is 2.33 bits per heavy atom. The van der Waals surface area contributed by atoms with Crippen molar-refractivity contribution in [2.45, 2.75) is 12.8 Å². The number of esters is 2. The number of fused-ring (bicyclic) bond motifs is 2. The van der Waals surface area contributed by atoms with E-state index in [1.165, 1.54) is 6.07 Å². The van der Waals surface area contributed by atoms with Gasteiger partial charge in [-0.05, 0) is 36.1 Å². The second-order valence-corrected chi connectivity index (χ2v) is 4.65. The number of carbonyl (C=O) groups excluding carboxylic acids is 2. The summed E-state index contributed by atoms with van der Waals surface area (Å²) < 4.78 is 4.62. The highest BCUT2D eigenvalue weighted by molar-refractivity contribution is 5.97. The SMILES string of the molecule is O=C(O)c1ccc2c(c1)CC1C(=O)OC(=O)C1C2. The van der Waals surface area contributed by atoms with Crippen LogP contribution < -0.4 is 0 Å². The molecule has 1 saturated heterocycles. The monoisotopic (exact) mass is 246 g/mol. The van der Waals surface area contributed by atoms with Gasteiger partial charge in [-0.1, -0.05) is 6.07 Å². The van der Waals surface area contributed by atoms with Crippen LogP contribution in [-0.2, 0) is 27.2 Å². The zero-order valence-electron chi connectivity index (χ0n) is 9.38. The van der Waals surface area contributed by atoms with E-state index in [4.69, 9.17) is 5.11 Å². The quantitative estimate of drug-likeness (QED) is 0.585. The van der Waals surface area contributed by atoms with E-state index < -0.39 is 29.7 Å². The molecule has 0 aromatic heterocycles. The van der Waals surface area contributed by atoms with Gasteiger partial charge in [-0.25, -0.2) is 4.79 Å². The molecule has 1 aliphatic heterocycles. The first kappa shape index (κ1) is 11.0. The molecule has 92 valence electrons. The van der Waals surface area contributed by atoms with E-state index >= 15 is 0 Å².